The Morgan fingerprint density at radius 3 is 2.59 bits per heavy atom. The molecule has 1 aliphatic rings. The second-order valence-corrected chi connectivity index (χ2v) is 10.7. The van der Waals surface area contributed by atoms with Crippen molar-refractivity contribution in [2.75, 3.05) is 11.9 Å². The van der Waals surface area contributed by atoms with E-state index in [0.717, 1.165) is 42.0 Å². The van der Waals surface area contributed by atoms with Crippen LogP contribution < -0.4 is 21.3 Å². The highest BCUT2D eigenvalue weighted by Gasteiger charge is 2.26. The van der Waals surface area contributed by atoms with Gasteiger partial charge in [0.15, 0.2) is 28.8 Å². The minimum atomic E-state index is -0.829. The number of hydrogen-bond acceptors (Lipinski definition) is 8. The van der Waals surface area contributed by atoms with Gasteiger partial charge in [-0.05, 0) is 68.1 Å². The highest BCUT2D eigenvalue weighted by atomic mass is 19.1. The quantitative estimate of drug-likeness (QED) is 0.201. The molecular formula is C31H28F2N6O5. The third-order valence-corrected chi connectivity index (χ3v) is 7.63. The van der Waals surface area contributed by atoms with Crippen LogP contribution in [-0.4, -0.2) is 47.9 Å². The van der Waals surface area contributed by atoms with E-state index < -0.39 is 28.7 Å². The molecule has 0 amide bonds. The van der Waals surface area contributed by atoms with Crippen molar-refractivity contribution >= 4 is 22.6 Å². The fourth-order valence-corrected chi connectivity index (χ4v) is 5.04. The summed E-state index contributed by atoms with van der Waals surface area (Å²) in [6, 6.07) is 9.98. The molecule has 5 aromatic rings. The van der Waals surface area contributed by atoms with E-state index in [2.05, 4.69) is 20.5 Å². The first-order valence-corrected chi connectivity index (χ1v) is 14.1. The Kier molecular flexibility index (Phi) is 7.78. The predicted octanol–water partition coefficient (Wildman–Crippen LogP) is 4.28. The van der Waals surface area contributed by atoms with Crippen molar-refractivity contribution in [3.05, 3.63) is 105 Å². The summed E-state index contributed by atoms with van der Waals surface area (Å²) in [5, 5.41) is 19.8. The minimum Gasteiger partial charge on any atom is -0.453 e. The van der Waals surface area contributed by atoms with E-state index in [9.17, 15) is 23.9 Å². The van der Waals surface area contributed by atoms with Crippen molar-refractivity contribution in [2.24, 2.45) is 0 Å². The predicted molar refractivity (Wildman–Crippen MR) is 158 cm³/mol. The van der Waals surface area contributed by atoms with E-state index in [1.54, 1.807) is 13.0 Å². The van der Waals surface area contributed by atoms with Crippen molar-refractivity contribution < 1.29 is 23.4 Å². The van der Waals surface area contributed by atoms with Crippen molar-refractivity contribution in [3.63, 3.8) is 0 Å². The smallest absolute Gasteiger partial charge is 0.335 e. The first kappa shape index (κ1) is 28.9. The molecule has 226 valence electrons. The number of aromatic amines is 1. The van der Waals surface area contributed by atoms with Crippen LogP contribution in [0, 0.1) is 11.6 Å². The third kappa shape index (κ3) is 5.49. The fourth-order valence-electron chi connectivity index (χ4n) is 5.04. The first-order valence-electron chi connectivity index (χ1n) is 14.1. The maximum Gasteiger partial charge on any atom is 0.335 e. The normalized spacial score (nSPS) is 13.9. The Hall–Kier alpha value is -5.17. The van der Waals surface area contributed by atoms with Crippen LogP contribution in [0.25, 0.3) is 16.7 Å². The van der Waals surface area contributed by atoms with E-state index >= 15 is 4.39 Å². The largest absolute Gasteiger partial charge is 0.453 e. The van der Waals surface area contributed by atoms with Gasteiger partial charge in [0.1, 0.15) is 22.5 Å². The number of carbonyl (C=O) groups is 1. The van der Waals surface area contributed by atoms with Crippen LogP contribution in [0.15, 0.2) is 70.5 Å². The van der Waals surface area contributed by atoms with E-state index in [1.165, 1.54) is 41.2 Å². The van der Waals surface area contributed by atoms with Crippen LogP contribution in [0.3, 0.4) is 0 Å². The van der Waals surface area contributed by atoms with Crippen molar-refractivity contribution in [3.8, 4) is 17.2 Å². The van der Waals surface area contributed by atoms with Gasteiger partial charge < -0.3 is 15.2 Å². The summed E-state index contributed by atoms with van der Waals surface area (Å²) in [5.41, 5.74) is -0.836. The number of carbonyl (C=O) groups excluding carboxylic acids is 1. The molecule has 0 unspecified atom stereocenters. The molecule has 1 saturated carbocycles. The number of benzene rings is 2. The Morgan fingerprint density at radius 1 is 1.14 bits per heavy atom. The molecule has 11 nitrogen and oxygen atoms in total. The van der Waals surface area contributed by atoms with Gasteiger partial charge in [-0.15, -0.1) is 0 Å². The number of rotatable bonds is 10. The number of hydrogen-bond donors (Lipinski definition) is 3. The zero-order valence-corrected chi connectivity index (χ0v) is 23.6. The number of anilines is 1. The number of nitrogens with zero attached hydrogens (tertiary/aromatic N) is 4. The lowest BCUT2D eigenvalue weighted by Crippen LogP contribution is -2.43. The molecule has 0 aliphatic heterocycles. The maximum atomic E-state index is 15.3. The van der Waals surface area contributed by atoms with Gasteiger partial charge in [0, 0.05) is 37.0 Å². The Morgan fingerprint density at radius 2 is 1.91 bits per heavy atom. The minimum absolute atomic E-state index is 0.117. The number of ether oxygens (including phenoxy) is 1. The molecular weight excluding hydrogens is 574 g/mol. The van der Waals surface area contributed by atoms with Crippen LogP contribution in [0.5, 0.6) is 11.5 Å². The molecule has 6 rings (SSSR count). The Labute approximate surface area is 248 Å². The average molecular weight is 603 g/mol. The van der Waals surface area contributed by atoms with E-state index in [0.29, 0.717) is 16.9 Å². The Bertz CT molecular complexity index is 1980. The second-order valence-electron chi connectivity index (χ2n) is 10.7. The maximum absolute atomic E-state index is 15.3. The molecule has 0 saturated heterocycles. The van der Waals surface area contributed by atoms with Crippen LogP contribution in [-0.2, 0) is 6.42 Å². The van der Waals surface area contributed by atoms with Gasteiger partial charge in [-0.2, -0.15) is 5.10 Å². The number of aliphatic hydroxyl groups is 1. The summed E-state index contributed by atoms with van der Waals surface area (Å²) < 4.78 is 37.0. The zero-order valence-electron chi connectivity index (χ0n) is 23.6. The van der Waals surface area contributed by atoms with Crippen molar-refractivity contribution in [2.45, 2.75) is 44.7 Å². The summed E-state index contributed by atoms with van der Waals surface area (Å²) in [7, 11) is 0. The van der Waals surface area contributed by atoms with Gasteiger partial charge in [-0.25, -0.2) is 23.1 Å². The number of fused-ring (bicyclic) bond motifs is 1. The first-order chi connectivity index (χ1) is 21.2. The molecule has 3 heterocycles. The van der Waals surface area contributed by atoms with Crippen LogP contribution >= 0.6 is 0 Å². The molecule has 1 fully saturated rings. The van der Waals surface area contributed by atoms with Gasteiger partial charge in [0.25, 0.3) is 5.56 Å². The van der Waals surface area contributed by atoms with E-state index in [1.807, 2.05) is 0 Å². The van der Waals surface area contributed by atoms with Crippen molar-refractivity contribution in [1.29, 1.82) is 0 Å². The summed E-state index contributed by atoms with van der Waals surface area (Å²) >= 11 is 0. The summed E-state index contributed by atoms with van der Waals surface area (Å²) in [4.78, 5) is 44.3. The highest BCUT2D eigenvalue weighted by molar-refractivity contribution is 5.97. The standard InChI is InChI=1S/C31H28F2N6O5/c1-17(16-40)35-29-27-26(11-12-34-28(27)36-37-29)44-25-10-5-18(13-23(25)33)14-24(41)22-15-38(20-3-2-4-20)31(43)39(30(22)42)21-8-6-19(32)7-9-21/h5-13,15,17,20,40H,2-4,14,16H2,1H3,(H2,34,35,36,37)/t17-/m1/s1. The number of halogens is 2. The van der Waals surface area contributed by atoms with Crippen molar-refractivity contribution in [1.82, 2.24) is 24.3 Å². The molecule has 0 spiro atoms. The van der Waals surface area contributed by atoms with Crippen LogP contribution in [0.1, 0.15) is 48.1 Å². The second kappa shape index (κ2) is 11.8. The number of pyridine rings is 1. The lowest BCUT2D eigenvalue weighted by Gasteiger charge is -2.28. The van der Waals surface area contributed by atoms with Crippen LogP contribution in [0.2, 0.25) is 0 Å². The number of aliphatic hydroxyl groups excluding tert-OH is 1. The molecule has 3 aromatic heterocycles. The zero-order chi connectivity index (χ0) is 31.0. The summed E-state index contributed by atoms with van der Waals surface area (Å²) in [5.74, 6) is -1.36. The SMILES string of the molecule is C[C@H](CO)Nc1n[nH]c2nccc(Oc3ccc(CC(=O)c4cn(C5CCC5)c(=O)n(-c5ccc(F)cc5)c4=O)cc3F)c12. The topological polar surface area (TPSA) is 144 Å². The van der Waals surface area contributed by atoms with E-state index in [4.69, 9.17) is 4.74 Å². The van der Waals surface area contributed by atoms with Gasteiger partial charge in [-0.3, -0.25) is 19.3 Å². The van der Waals surface area contributed by atoms with Crippen LogP contribution in [0.4, 0.5) is 14.6 Å². The van der Waals surface area contributed by atoms with Gasteiger partial charge >= 0.3 is 5.69 Å². The molecule has 1 atom stereocenters. The number of H-pyrrole nitrogens is 1. The van der Waals surface area contributed by atoms with Gasteiger partial charge in [-0.1, -0.05) is 6.07 Å². The monoisotopic (exact) mass is 602 g/mol. The van der Waals surface area contributed by atoms with Gasteiger partial charge in [0.05, 0.1) is 12.3 Å². The fraction of sp³-hybridized carbons (Fsp3) is 0.258. The average Bonchev–Trinajstić information content (AvgIpc) is 3.39. The lowest BCUT2D eigenvalue weighted by molar-refractivity contribution is 0.0989. The van der Waals surface area contributed by atoms with Gasteiger partial charge in [0.2, 0.25) is 0 Å². The lowest BCUT2D eigenvalue weighted by atomic mass is 9.92. The summed E-state index contributed by atoms with van der Waals surface area (Å²) in [6.07, 6.45) is 4.81. The number of aromatic nitrogens is 5. The molecule has 3 N–H and O–H groups in total. The summed E-state index contributed by atoms with van der Waals surface area (Å²) in [6.45, 7) is 1.62. The third-order valence-electron chi connectivity index (χ3n) is 7.63. The molecule has 13 heteroatoms. The molecule has 0 bridgehead atoms. The Balaban J connectivity index is 1.29. The highest BCUT2D eigenvalue weighted by Crippen LogP contribution is 2.34. The molecule has 2 aromatic carbocycles. The molecule has 1 aliphatic carbocycles. The number of nitrogens with one attached hydrogen (secondary N) is 2. The number of ketones is 1. The number of Topliss-reactive ketones (excluding diaryl/α,β-unsaturated/α-hetero) is 1. The molecule has 0 radical (unpaired) electrons. The molecule has 44 heavy (non-hydrogen) atoms. The van der Waals surface area contributed by atoms with E-state index in [-0.39, 0.29) is 53.4 Å².